The Morgan fingerprint density at radius 2 is 2.20 bits per heavy atom. The number of nitrogens with one attached hydrogen (secondary N) is 1. The lowest BCUT2D eigenvalue weighted by Crippen LogP contribution is -2.47. The average molecular weight is 336 g/mol. The minimum atomic E-state index is -3.50. The Bertz CT molecular complexity index is 602. The van der Waals surface area contributed by atoms with Gasteiger partial charge in [-0.3, -0.25) is 0 Å². The number of halogens is 1. The number of nitrogens with zero attached hydrogens (tertiary/aromatic N) is 2. The molecule has 2 atom stereocenters. The van der Waals surface area contributed by atoms with Gasteiger partial charge in [-0.1, -0.05) is 22.9 Å². The highest BCUT2D eigenvalue weighted by Crippen LogP contribution is 2.30. The molecule has 2 aliphatic rings. The molecule has 2 saturated heterocycles. The molecular weight excluding hydrogens is 318 g/mol. The van der Waals surface area contributed by atoms with Gasteiger partial charge in [0.2, 0.25) is 0 Å². The van der Waals surface area contributed by atoms with Crippen molar-refractivity contribution in [2.75, 3.05) is 13.1 Å². The quantitative estimate of drug-likeness (QED) is 0.917. The third-order valence-corrected chi connectivity index (χ3v) is 7.51. The summed E-state index contributed by atoms with van der Waals surface area (Å²) < 4.78 is 28.2. The fourth-order valence-corrected chi connectivity index (χ4v) is 6.24. The Kier molecular flexibility index (Phi) is 4.07. The molecule has 1 aromatic heterocycles. The van der Waals surface area contributed by atoms with Gasteiger partial charge in [-0.05, 0) is 45.7 Å². The molecule has 0 radical (unpaired) electrons. The van der Waals surface area contributed by atoms with Gasteiger partial charge in [-0.25, -0.2) is 18.1 Å². The Morgan fingerprint density at radius 1 is 1.40 bits per heavy atom. The number of aromatic nitrogens is 1. The van der Waals surface area contributed by atoms with Gasteiger partial charge in [0.05, 0.1) is 5.69 Å². The fraction of sp³-hybridized carbons (Fsp3) is 0.750. The molecule has 3 rings (SSSR count). The zero-order valence-corrected chi connectivity index (χ0v) is 13.7. The van der Waals surface area contributed by atoms with Gasteiger partial charge in [-0.15, -0.1) is 0 Å². The largest absolute Gasteiger partial charge is 0.300 e. The van der Waals surface area contributed by atoms with Crippen molar-refractivity contribution in [3.8, 4) is 0 Å². The van der Waals surface area contributed by atoms with Gasteiger partial charge >= 0.3 is 0 Å². The van der Waals surface area contributed by atoms with Crippen LogP contribution in [0.2, 0.25) is 4.47 Å². The first kappa shape index (κ1) is 14.7. The monoisotopic (exact) mass is 335 g/mol. The molecule has 2 aliphatic heterocycles. The zero-order valence-electron chi connectivity index (χ0n) is 11.3. The fourth-order valence-electron chi connectivity index (χ4n) is 3.20. The molecule has 2 fully saturated rings. The number of sulfonamides is 1. The third kappa shape index (κ3) is 2.87. The van der Waals surface area contributed by atoms with Crippen molar-refractivity contribution in [1.82, 2.24) is 14.6 Å². The number of fused-ring (bicyclic) bond motifs is 1. The number of thiazole rings is 1. The lowest BCUT2D eigenvalue weighted by Gasteiger charge is -2.34. The first-order valence-electron chi connectivity index (χ1n) is 6.85. The summed E-state index contributed by atoms with van der Waals surface area (Å²) in [5, 5.41) is 0. The molecule has 3 heterocycles. The van der Waals surface area contributed by atoms with E-state index in [1.165, 1.54) is 12.8 Å². The topological polar surface area (TPSA) is 62.3 Å². The SMILES string of the molecule is Cc1nc(Cl)sc1S(=O)(=O)NC1CCN2CCCC2C1. The Morgan fingerprint density at radius 3 is 2.90 bits per heavy atom. The van der Waals surface area contributed by atoms with Crippen LogP contribution in [0.4, 0.5) is 0 Å². The highest BCUT2D eigenvalue weighted by atomic mass is 35.5. The lowest BCUT2D eigenvalue weighted by atomic mass is 9.99. The Labute approximate surface area is 128 Å². The van der Waals surface area contributed by atoms with Gasteiger partial charge < -0.3 is 4.90 Å². The van der Waals surface area contributed by atoms with E-state index in [1.54, 1.807) is 6.92 Å². The van der Waals surface area contributed by atoms with Crippen LogP contribution in [0.5, 0.6) is 0 Å². The molecule has 5 nitrogen and oxygen atoms in total. The Hall–Kier alpha value is -0.210. The second-order valence-electron chi connectivity index (χ2n) is 5.51. The van der Waals surface area contributed by atoms with Crippen molar-refractivity contribution in [2.45, 2.75) is 48.9 Å². The van der Waals surface area contributed by atoms with Crippen molar-refractivity contribution < 1.29 is 8.42 Å². The molecule has 112 valence electrons. The standard InChI is InChI=1S/C12H18ClN3O2S2/c1-8-11(19-12(13)14-8)20(17,18)15-9-4-6-16-5-2-3-10(16)7-9/h9-10,15H,2-7H2,1H3. The maximum atomic E-state index is 12.4. The summed E-state index contributed by atoms with van der Waals surface area (Å²) in [6, 6.07) is 0.572. The molecule has 2 unspecified atom stereocenters. The number of aryl methyl sites for hydroxylation is 1. The third-order valence-electron chi connectivity index (χ3n) is 4.11. The molecule has 0 saturated carbocycles. The van der Waals surface area contributed by atoms with Crippen LogP contribution in [0.3, 0.4) is 0 Å². The molecule has 1 aromatic rings. The van der Waals surface area contributed by atoms with E-state index in [0.717, 1.165) is 37.3 Å². The van der Waals surface area contributed by atoms with E-state index in [2.05, 4.69) is 14.6 Å². The van der Waals surface area contributed by atoms with Crippen LogP contribution in [-0.4, -0.2) is 43.5 Å². The molecule has 0 bridgehead atoms. The van der Waals surface area contributed by atoms with E-state index in [-0.39, 0.29) is 14.7 Å². The highest BCUT2D eigenvalue weighted by molar-refractivity contribution is 7.91. The van der Waals surface area contributed by atoms with Crippen LogP contribution in [0.15, 0.2) is 4.21 Å². The molecule has 0 aromatic carbocycles. The number of piperidine rings is 1. The van der Waals surface area contributed by atoms with Crippen LogP contribution in [0, 0.1) is 6.92 Å². The summed E-state index contributed by atoms with van der Waals surface area (Å²) in [6.45, 7) is 3.82. The smallest absolute Gasteiger partial charge is 0.252 e. The van der Waals surface area contributed by atoms with Gasteiger partial charge in [0.1, 0.15) is 0 Å². The van der Waals surface area contributed by atoms with Crippen LogP contribution in [-0.2, 0) is 10.0 Å². The molecular formula is C12H18ClN3O2S2. The second kappa shape index (κ2) is 5.53. The molecule has 1 N–H and O–H groups in total. The second-order valence-corrected chi connectivity index (χ2v) is 9.00. The average Bonchev–Trinajstić information content (AvgIpc) is 2.94. The van der Waals surface area contributed by atoms with E-state index in [4.69, 9.17) is 11.6 Å². The summed E-state index contributed by atoms with van der Waals surface area (Å²) in [7, 11) is -3.50. The first-order valence-corrected chi connectivity index (χ1v) is 9.53. The first-order chi connectivity index (χ1) is 9.45. The molecule has 0 amide bonds. The van der Waals surface area contributed by atoms with Crippen molar-refractivity contribution in [1.29, 1.82) is 0 Å². The van der Waals surface area contributed by atoms with E-state index in [9.17, 15) is 8.42 Å². The van der Waals surface area contributed by atoms with Crippen LogP contribution in [0.25, 0.3) is 0 Å². The van der Waals surface area contributed by atoms with Crippen molar-refractivity contribution in [2.24, 2.45) is 0 Å². The number of hydrogen-bond donors (Lipinski definition) is 1. The molecule has 0 spiro atoms. The van der Waals surface area contributed by atoms with Crippen LogP contribution < -0.4 is 4.72 Å². The van der Waals surface area contributed by atoms with Crippen molar-refractivity contribution in [3.05, 3.63) is 10.2 Å². The van der Waals surface area contributed by atoms with Crippen molar-refractivity contribution in [3.63, 3.8) is 0 Å². The van der Waals surface area contributed by atoms with Gasteiger partial charge in [0.15, 0.2) is 8.68 Å². The lowest BCUT2D eigenvalue weighted by molar-refractivity contribution is 0.176. The molecule has 20 heavy (non-hydrogen) atoms. The van der Waals surface area contributed by atoms with E-state index in [1.807, 2.05) is 0 Å². The summed E-state index contributed by atoms with van der Waals surface area (Å²) in [6.07, 6.45) is 4.20. The maximum absolute atomic E-state index is 12.4. The van der Waals surface area contributed by atoms with Crippen LogP contribution in [0.1, 0.15) is 31.4 Å². The van der Waals surface area contributed by atoms with E-state index in [0.29, 0.717) is 11.7 Å². The minimum Gasteiger partial charge on any atom is -0.300 e. The highest BCUT2D eigenvalue weighted by Gasteiger charge is 2.34. The molecule has 0 aliphatic carbocycles. The summed E-state index contributed by atoms with van der Waals surface area (Å²) in [5.41, 5.74) is 0.478. The van der Waals surface area contributed by atoms with E-state index < -0.39 is 10.0 Å². The normalized spacial score (nSPS) is 27.7. The van der Waals surface area contributed by atoms with Crippen LogP contribution >= 0.6 is 22.9 Å². The molecule has 8 heteroatoms. The van der Waals surface area contributed by atoms with E-state index >= 15 is 0 Å². The summed E-state index contributed by atoms with van der Waals surface area (Å²) in [4.78, 5) is 6.45. The van der Waals surface area contributed by atoms with Gasteiger partial charge in [-0.2, -0.15) is 0 Å². The summed E-state index contributed by atoms with van der Waals surface area (Å²) in [5.74, 6) is 0. The predicted octanol–water partition coefficient (Wildman–Crippen LogP) is 2.01. The number of rotatable bonds is 3. The number of hydrogen-bond acceptors (Lipinski definition) is 5. The summed E-state index contributed by atoms with van der Waals surface area (Å²) >= 11 is 6.82. The van der Waals surface area contributed by atoms with Gasteiger partial charge in [0.25, 0.3) is 10.0 Å². The predicted molar refractivity (Wildman–Crippen MR) is 79.8 cm³/mol. The maximum Gasteiger partial charge on any atom is 0.252 e. The Balaban J connectivity index is 1.72. The minimum absolute atomic E-state index is 0.0274. The van der Waals surface area contributed by atoms with Crippen molar-refractivity contribution >= 4 is 33.0 Å². The zero-order chi connectivity index (χ0) is 14.3. The van der Waals surface area contributed by atoms with Gasteiger partial charge in [0, 0.05) is 12.1 Å².